The standard InChI is InChI=1S/C52H35N9O19S3/c53-45-44-26(15-29(22-41(44)63)81(72,73)74)19-42(82(75,76)77)46(45)60-59-39-11-7-24(17-34(39)50(67)68)23-6-10-36(33(16-23)49(65)66)55-52(71)54-27-8-5-25-18-43(83(78,79)80)47(48(64)32(25)20-27)61-58-38-13-12-37(30-3-1-2-4-31(30)38)57-56-28-9-14-40(62)35(21-28)51(69)70/h1-22,62-64H,53H2,(H,65,66)(H,67,68)(H,69,70)(H2,54,55,71)(H,72,73,74)(H,75,76,77)(H,78,79,80). The van der Waals surface area contributed by atoms with E-state index in [4.69, 9.17) is 5.73 Å². The number of carbonyl (C=O) groups excluding carboxylic acids is 1. The van der Waals surface area contributed by atoms with E-state index in [1.54, 1.807) is 24.3 Å². The first-order chi connectivity index (χ1) is 39.1. The molecule has 0 atom stereocenters. The number of fused-ring (bicyclic) bond motifs is 3. The number of carboxylic acid groups (broad SMARTS) is 3. The summed E-state index contributed by atoms with van der Waals surface area (Å²) in [5, 5.41) is 90.7. The van der Waals surface area contributed by atoms with Crippen LogP contribution in [0.2, 0.25) is 0 Å². The van der Waals surface area contributed by atoms with Gasteiger partial charge in [-0.3, -0.25) is 13.7 Å². The van der Waals surface area contributed by atoms with Gasteiger partial charge < -0.3 is 47.0 Å². The molecule has 9 rings (SSSR count). The first-order valence-corrected chi connectivity index (χ1v) is 27.4. The lowest BCUT2D eigenvalue weighted by atomic mass is 9.99. The summed E-state index contributed by atoms with van der Waals surface area (Å²) in [6.45, 7) is 0. The molecule has 83 heavy (non-hydrogen) atoms. The number of nitrogens with two attached hydrogens (primary N) is 1. The van der Waals surface area contributed by atoms with Crippen LogP contribution in [0.25, 0.3) is 43.4 Å². The molecule has 0 aliphatic rings. The van der Waals surface area contributed by atoms with E-state index >= 15 is 0 Å². The van der Waals surface area contributed by atoms with Crippen molar-refractivity contribution in [2.75, 3.05) is 16.4 Å². The number of amides is 2. The molecule has 0 bridgehead atoms. The molecule has 9 aromatic rings. The van der Waals surface area contributed by atoms with E-state index in [2.05, 4.69) is 41.3 Å². The first-order valence-electron chi connectivity index (χ1n) is 23.0. The number of phenols is 3. The smallest absolute Gasteiger partial charge is 0.339 e. The predicted octanol–water partition coefficient (Wildman–Crippen LogP) is 11.2. The second kappa shape index (κ2) is 21.7. The summed E-state index contributed by atoms with van der Waals surface area (Å²) in [6, 6.07) is 25.9. The molecule has 0 heterocycles. The highest BCUT2D eigenvalue weighted by molar-refractivity contribution is 7.86. The molecule has 13 N–H and O–H groups in total. The number of carbonyl (C=O) groups is 4. The number of nitrogens with one attached hydrogen (secondary N) is 2. The number of benzene rings is 9. The van der Waals surface area contributed by atoms with Crippen molar-refractivity contribution in [3.05, 3.63) is 150 Å². The number of carboxylic acids is 3. The summed E-state index contributed by atoms with van der Waals surface area (Å²) in [5.41, 5.74) is 2.40. The average molecular weight is 1190 g/mol. The molecule has 0 unspecified atom stereocenters. The maximum atomic E-state index is 13.4. The van der Waals surface area contributed by atoms with Gasteiger partial charge in [0.25, 0.3) is 30.4 Å². The van der Waals surface area contributed by atoms with Crippen LogP contribution in [0.1, 0.15) is 31.1 Å². The Hall–Kier alpha value is -10.8. The number of aromatic carboxylic acids is 3. The first kappa shape index (κ1) is 56.9. The Morgan fingerprint density at radius 3 is 1.63 bits per heavy atom. The van der Waals surface area contributed by atoms with Crippen molar-refractivity contribution in [3.8, 4) is 28.4 Å². The van der Waals surface area contributed by atoms with Crippen molar-refractivity contribution in [2.24, 2.45) is 30.7 Å². The van der Waals surface area contributed by atoms with Crippen LogP contribution in [0.5, 0.6) is 17.2 Å². The Labute approximate surface area is 464 Å². The number of hydrogen-bond acceptors (Lipinski definition) is 20. The third-order valence-corrected chi connectivity index (χ3v) is 14.8. The van der Waals surface area contributed by atoms with Crippen LogP contribution in [-0.4, -0.2) is 93.5 Å². The molecule has 0 aliphatic heterocycles. The summed E-state index contributed by atoms with van der Waals surface area (Å²) in [6.07, 6.45) is 0. The molecule has 0 saturated carbocycles. The van der Waals surface area contributed by atoms with Crippen LogP contribution in [-0.2, 0) is 30.4 Å². The average Bonchev–Trinajstić information content (AvgIpc) is 2.51. The molecular formula is C52H35N9O19S3. The second-order valence-electron chi connectivity index (χ2n) is 17.5. The summed E-state index contributed by atoms with van der Waals surface area (Å²) in [5.74, 6) is -6.69. The fourth-order valence-electron chi connectivity index (χ4n) is 8.44. The third-order valence-electron chi connectivity index (χ3n) is 12.3. The molecule has 0 radical (unpaired) electrons. The number of aromatic hydroxyl groups is 3. The van der Waals surface area contributed by atoms with Crippen molar-refractivity contribution < 1.29 is 88.7 Å². The largest absolute Gasteiger partial charge is 0.507 e. The van der Waals surface area contributed by atoms with Gasteiger partial charge in [0.15, 0.2) is 5.75 Å². The highest BCUT2D eigenvalue weighted by Gasteiger charge is 2.27. The Morgan fingerprint density at radius 2 is 1.01 bits per heavy atom. The highest BCUT2D eigenvalue weighted by Crippen LogP contribution is 2.46. The molecule has 420 valence electrons. The highest BCUT2D eigenvalue weighted by atomic mass is 32.2. The topological polar surface area (TPSA) is 477 Å². The summed E-state index contributed by atoms with van der Waals surface area (Å²) in [7, 11) is -15.2. The van der Waals surface area contributed by atoms with E-state index in [1.807, 2.05) is 0 Å². The predicted molar refractivity (Wildman–Crippen MR) is 295 cm³/mol. The second-order valence-corrected chi connectivity index (χ2v) is 21.7. The number of rotatable bonds is 15. The summed E-state index contributed by atoms with van der Waals surface area (Å²) >= 11 is 0. The van der Waals surface area contributed by atoms with E-state index in [0.29, 0.717) is 22.9 Å². The van der Waals surface area contributed by atoms with E-state index in [1.165, 1.54) is 54.6 Å². The number of azo groups is 3. The fraction of sp³-hybridized carbons (Fsp3) is 0. The van der Waals surface area contributed by atoms with Crippen LogP contribution >= 0.6 is 0 Å². The van der Waals surface area contributed by atoms with Gasteiger partial charge in [-0.25, -0.2) is 19.2 Å². The zero-order valence-electron chi connectivity index (χ0n) is 41.3. The lowest BCUT2D eigenvalue weighted by Crippen LogP contribution is -2.21. The molecule has 31 heteroatoms. The minimum atomic E-state index is -5.24. The number of phenolic OH excluding ortho intramolecular Hbond substituents is 2. The Balaban J connectivity index is 0.971. The number of urea groups is 1. The van der Waals surface area contributed by atoms with Gasteiger partial charge >= 0.3 is 23.9 Å². The lowest BCUT2D eigenvalue weighted by Gasteiger charge is -2.14. The van der Waals surface area contributed by atoms with E-state index in [9.17, 15) is 88.7 Å². The van der Waals surface area contributed by atoms with Crippen LogP contribution in [0.4, 0.5) is 56.0 Å². The van der Waals surface area contributed by atoms with Gasteiger partial charge in [-0.15, -0.1) is 25.6 Å². The molecule has 0 spiro atoms. The van der Waals surface area contributed by atoms with Gasteiger partial charge in [-0.2, -0.15) is 30.4 Å². The summed E-state index contributed by atoms with van der Waals surface area (Å²) in [4.78, 5) is 47.3. The maximum absolute atomic E-state index is 13.4. The monoisotopic (exact) mass is 1190 g/mol. The molecule has 0 fully saturated rings. The number of anilines is 3. The van der Waals surface area contributed by atoms with Crippen molar-refractivity contribution in [2.45, 2.75) is 14.7 Å². The van der Waals surface area contributed by atoms with Gasteiger partial charge in [-0.1, -0.05) is 42.5 Å². The van der Waals surface area contributed by atoms with Crippen molar-refractivity contribution >= 4 is 138 Å². The van der Waals surface area contributed by atoms with Gasteiger partial charge in [0.2, 0.25) is 0 Å². The zero-order valence-corrected chi connectivity index (χ0v) is 43.7. The van der Waals surface area contributed by atoms with Crippen LogP contribution in [0.3, 0.4) is 0 Å². The third kappa shape index (κ3) is 11.8. The molecule has 0 aliphatic carbocycles. The molecule has 2 amide bonds. The van der Waals surface area contributed by atoms with Crippen LogP contribution < -0.4 is 16.4 Å². The van der Waals surface area contributed by atoms with Crippen LogP contribution in [0, 0.1) is 0 Å². The SMILES string of the molecule is Nc1c(N=Nc2ccc(-c3ccc(NC(=O)Nc4ccc5cc(S(=O)(=O)O)c(N=Nc6ccc(N=Nc7ccc(O)c(C(=O)O)c7)c7ccccc67)c(O)c5c4)c(C(=O)O)c3)cc2C(=O)O)c(S(=O)(=O)O)cc2cc(S(=O)(=O)O)cc(O)c12. The quantitative estimate of drug-likeness (QED) is 0.0258. The van der Waals surface area contributed by atoms with Crippen molar-refractivity contribution in [1.82, 2.24) is 0 Å². The molecular weight excluding hydrogens is 1150 g/mol. The van der Waals surface area contributed by atoms with Gasteiger partial charge in [0, 0.05) is 33.3 Å². The number of nitrogens with zero attached hydrogens (tertiary/aromatic N) is 6. The Kier molecular flexibility index (Phi) is 14.8. The van der Waals surface area contributed by atoms with Crippen molar-refractivity contribution in [1.29, 1.82) is 0 Å². The van der Waals surface area contributed by atoms with E-state index in [-0.39, 0.29) is 61.1 Å². The Bertz CT molecular complexity index is 4790. The number of hydrogen-bond donors (Lipinski definition) is 12. The molecule has 9 aromatic carbocycles. The minimum absolute atomic E-state index is 0.0353. The van der Waals surface area contributed by atoms with Gasteiger partial charge in [0.1, 0.15) is 43.9 Å². The molecule has 0 saturated heterocycles. The fourth-order valence-corrected chi connectivity index (χ4v) is 10.3. The minimum Gasteiger partial charge on any atom is -0.507 e. The summed E-state index contributed by atoms with van der Waals surface area (Å²) < 4.78 is 103. The van der Waals surface area contributed by atoms with Gasteiger partial charge in [-0.05, 0) is 107 Å². The molecule has 28 nitrogen and oxygen atoms in total. The maximum Gasteiger partial charge on any atom is 0.339 e. The van der Waals surface area contributed by atoms with Crippen LogP contribution in [0.15, 0.2) is 179 Å². The Morgan fingerprint density at radius 1 is 0.458 bits per heavy atom. The van der Waals surface area contributed by atoms with E-state index in [0.717, 1.165) is 42.5 Å². The molecule has 0 aromatic heterocycles. The zero-order chi connectivity index (χ0) is 60.0. The lowest BCUT2D eigenvalue weighted by molar-refractivity contribution is 0.0684. The number of nitrogen functional groups attached to an aromatic ring is 1. The normalized spacial score (nSPS) is 12.2. The van der Waals surface area contributed by atoms with Gasteiger partial charge in [0.05, 0.1) is 44.5 Å². The van der Waals surface area contributed by atoms with E-state index < -0.39 is 126 Å². The van der Waals surface area contributed by atoms with Crippen molar-refractivity contribution in [3.63, 3.8) is 0 Å².